The molecule has 2 rings (SSSR count). The zero-order valence-corrected chi connectivity index (χ0v) is 11.6. The van der Waals surface area contributed by atoms with Crippen molar-refractivity contribution in [3.8, 4) is 0 Å². The number of carbonyl (C=O) groups excluding carboxylic acids is 2. The third-order valence-electron chi connectivity index (χ3n) is 3.56. The Balaban J connectivity index is 2.08. The zero-order valence-electron chi connectivity index (χ0n) is 11.6. The van der Waals surface area contributed by atoms with Crippen molar-refractivity contribution >= 4 is 17.5 Å². The SMILES string of the molecule is CCCCNC(=O)[C@@]1(O)CCN(c2ccccc2)C1=O. The first-order valence-electron chi connectivity index (χ1n) is 6.97. The van der Waals surface area contributed by atoms with Crippen LogP contribution < -0.4 is 10.2 Å². The summed E-state index contributed by atoms with van der Waals surface area (Å²) in [5.74, 6) is -1.13. The molecule has 1 atom stereocenters. The minimum atomic E-state index is -1.93. The highest BCUT2D eigenvalue weighted by molar-refractivity contribution is 6.16. The van der Waals surface area contributed by atoms with Gasteiger partial charge in [-0.05, 0) is 18.6 Å². The predicted molar refractivity (Wildman–Crippen MR) is 76.3 cm³/mol. The summed E-state index contributed by atoms with van der Waals surface area (Å²) in [5, 5.41) is 13.0. The number of carbonyl (C=O) groups is 2. The van der Waals surface area contributed by atoms with Crippen LogP contribution in [0.5, 0.6) is 0 Å². The molecule has 0 radical (unpaired) electrons. The van der Waals surface area contributed by atoms with Gasteiger partial charge in [-0.1, -0.05) is 31.5 Å². The second-order valence-electron chi connectivity index (χ2n) is 5.01. The highest BCUT2D eigenvalue weighted by Gasteiger charge is 2.51. The van der Waals surface area contributed by atoms with Gasteiger partial charge in [-0.3, -0.25) is 9.59 Å². The summed E-state index contributed by atoms with van der Waals surface area (Å²) in [6.45, 7) is 2.84. The molecule has 0 spiro atoms. The van der Waals surface area contributed by atoms with Crippen LogP contribution >= 0.6 is 0 Å². The summed E-state index contributed by atoms with van der Waals surface area (Å²) in [6.07, 6.45) is 1.90. The first-order chi connectivity index (χ1) is 9.59. The molecule has 20 heavy (non-hydrogen) atoms. The van der Waals surface area contributed by atoms with Crippen molar-refractivity contribution < 1.29 is 14.7 Å². The standard InChI is InChI=1S/C15H20N2O3/c1-2-3-10-16-13(18)15(20)9-11-17(14(15)19)12-7-5-4-6-8-12/h4-8,20H,2-3,9-11H2,1H3,(H,16,18)/t15-/m0/s1. The van der Waals surface area contributed by atoms with Crippen LogP contribution in [0, 0.1) is 0 Å². The van der Waals surface area contributed by atoms with Crippen molar-refractivity contribution in [1.29, 1.82) is 0 Å². The zero-order chi connectivity index (χ0) is 14.6. The molecule has 108 valence electrons. The molecule has 0 aliphatic carbocycles. The number of unbranched alkanes of at least 4 members (excludes halogenated alkanes) is 1. The van der Waals surface area contributed by atoms with Crippen molar-refractivity contribution in [2.24, 2.45) is 0 Å². The fraction of sp³-hybridized carbons (Fsp3) is 0.467. The second kappa shape index (κ2) is 6.05. The molecule has 2 amide bonds. The fourth-order valence-electron chi connectivity index (χ4n) is 2.30. The Bertz CT molecular complexity index is 489. The Labute approximate surface area is 118 Å². The van der Waals surface area contributed by atoms with E-state index in [1.165, 1.54) is 4.90 Å². The lowest BCUT2D eigenvalue weighted by Gasteiger charge is -2.21. The van der Waals surface area contributed by atoms with Crippen molar-refractivity contribution in [2.45, 2.75) is 31.8 Å². The maximum absolute atomic E-state index is 12.3. The summed E-state index contributed by atoms with van der Waals surface area (Å²) in [7, 11) is 0. The lowest BCUT2D eigenvalue weighted by Crippen LogP contribution is -2.52. The van der Waals surface area contributed by atoms with Crippen LogP contribution in [0.2, 0.25) is 0 Å². The Morgan fingerprint density at radius 2 is 2.10 bits per heavy atom. The van der Waals surface area contributed by atoms with Crippen LogP contribution in [0.1, 0.15) is 26.2 Å². The van der Waals surface area contributed by atoms with Gasteiger partial charge in [-0.25, -0.2) is 0 Å². The Morgan fingerprint density at radius 1 is 1.40 bits per heavy atom. The smallest absolute Gasteiger partial charge is 0.268 e. The van der Waals surface area contributed by atoms with Gasteiger partial charge >= 0.3 is 0 Å². The number of aliphatic hydroxyl groups is 1. The van der Waals surface area contributed by atoms with E-state index in [4.69, 9.17) is 0 Å². The summed E-state index contributed by atoms with van der Waals surface area (Å²) < 4.78 is 0. The summed E-state index contributed by atoms with van der Waals surface area (Å²) in [5.41, 5.74) is -1.22. The molecule has 0 unspecified atom stereocenters. The first-order valence-corrected chi connectivity index (χ1v) is 6.97. The number of nitrogens with zero attached hydrogens (tertiary/aromatic N) is 1. The van der Waals surface area contributed by atoms with Crippen molar-refractivity contribution in [3.05, 3.63) is 30.3 Å². The average Bonchev–Trinajstić information content (AvgIpc) is 2.77. The Morgan fingerprint density at radius 3 is 2.75 bits per heavy atom. The predicted octanol–water partition coefficient (Wildman–Crippen LogP) is 1.07. The van der Waals surface area contributed by atoms with Crippen molar-refractivity contribution in [3.63, 3.8) is 0 Å². The highest BCUT2D eigenvalue weighted by atomic mass is 16.3. The van der Waals surface area contributed by atoms with E-state index in [9.17, 15) is 14.7 Å². The topological polar surface area (TPSA) is 69.6 Å². The summed E-state index contributed by atoms with van der Waals surface area (Å²) in [6, 6.07) is 9.08. The van der Waals surface area contributed by atoms with E-state index in [0.29, 0.717) is 18.8 Å². The maximum atomic E-state index is 12.3. The molecule has 5 heteroatoms. The van der Waals surface area contributed by atoms with E-state index in [0.717, 1.165) is 12.8 Å². The number of nitrogens with one attached hydrogen (secondary N) is 1. The third kappa shape index (κ3) is 2.67. The van der Waals surface area contributed by atoms with E-state index in [1.54, 1.807) is 12.1 Å². The number of hydrogen-bond acceptors (Lipinski definition) is 3. The number of hydrogen-bond donors (Lipinski definition) is 2. The molecule has 5 nitrogen and oxygen atoms in total. The Hall–Kier alpha value is -1.88. The van der Waals surface area contributed by atoms with Gasteiger partial charge in [0.15, 0.2) is 0 Å². The van der Waals surface area contributed by atoms with Gasteiger partial charge in [-0.15, -0.1) is 0 Å². The van der Waals surface area contributed by atoms with Crippen LogP contribution in [0.25, 0.3) is 0 Å². The van der Waals surface area contributed by atoms with Gasteiger partial charge in [0.05, 0.1) is 0 Å². The molecule has 1 aromatic carbocycles. The average molecular weight is 276 g/mol. The fourth-order valence-corrected chi connectivity index (χ4v) is 2.30. The normalized spacial score (nSPS) is 22.1. The molecule has 0 bridgehead atoms. The van der Waals surface area contributed by atoms with E-state index >= 15 is 0 Å². The van der Waals surface area contributed by atoms with Gasteiger partial charge in [0.25, 0.3) is 11.8 Å². The molecule has 0 aromatic heterocycles. The van der Waals surface area contributed by atoms with E-state index < -0.39 is 17.4 Å². The second-order valence-corrected chi connectivity index (χ2v) is 5.01. The maximum Gasteiger partial charge on any atom is 0.268 e. The van der Waals surface area contributed by atoms with E-state index in [-0.39, 0.29) is 6.42 Å². The lowest BCUT2D eigenvalue weighted by atomic mass is 10.0. The largest absolute Gasteiger partial charge is 0.372 e. The molecule has 1 saturated heterocycles. The van der Waals surface area contributed by atoms with E-state index in [2.05, 4.69) is 5.32 Å². The number of rotatable bonds is 5. The number of anilines is 1. The van der Waals surface area contributed by atoms with Crippen LogP contribution in [0.3, 0.4) is 0 Å². The van der Waals surface area contributed by atoms with Gasteiger partial charge < -0.3 is 15.3 Å². The van der Waals surface area contributed by atoms with Crippen molar-refractivity contribution in [2.75, 3.05) is 18.0 Å². The highest BCUT2D eigenvalue weighted by Crippen LogP contribution is 2.28. The number of amides is 2. The van der Waals surface area contributed by atoms with Crippen molar-refractivity contribution in [1.82, 2.24) is 5.32 Å². The lowest BCUT2D eigenvalue weighted by molar-refractivity contribution is -0.149. The molecule has 1 heterocycles. The molecule has 1 aliphatic rings. The van der Waals surface area contributed by atoms with Gasteiger partial charge in [-0.2, -0.15) is 0 Å². The van der Waals surface area contributed by atoms with Gasteiger partial charge in [0, 0.05) is 25.2 Å². The molecule has 1 aromatic rings. The van der Waals surface area contributed by atoms with Crippen LogP contribution in [-0.4, -0.2) is 35.6 Å². The van der Waals surface area contributed by atoms with Crippen LogP contribution in [-0.2, 0) is 9.59 Å². The molecular weight excluding hydrogens is 256 g/mol. The molecular formula is C15H20N2O3. The monoisotopic (exact) mass is 276 g/mol. The van der Waals surface area contributed by atoms with Crippen LogP contribution in [0.4, 0.5) is 5.69 Å². The van der Waals surface area contributed by atoms with Gasteiger partial charge in [0.2, 0.25) is 5.60 Å². The molecule has 1 fully saturated rings. The number of benzene rings is 1. The van der Waals surface area contributed by atoms with Gasteiger partial charge in [0.1, 0.15) is 0 Å². The van der Waals surface area contributed by atoms with Crippen LogP contribution in [0.15, 0.2) is 30.3 Å². The Kier molecular flexibility index (Phi) is 4.39. The first kappa shape index (κ1) is 14.5. The minimum Gasteiger partial charge on any atom is -0.372 e. The summed E-state index contributed by atoms with van der Waals surface area (Å²) >= 11 is 0. The van der Waals surface area contributed by atoms with E-state index in [1.807, 2.05) is 25.1 Å². The molecule has 0 saturated carbocycles. The minimum absolute atomic E-state index is 0.124. The third-order valence-corrected chi connectivity index (χ3v) is 3.56. The number of para-hydroxylation sites is 1. The molecule has 2 N–H and O–H groups in total. The molecule has 1 aliphatic heterocycles. The quantitative estimate of drug-likeness (QED) is 0.624. The summed E-state index contributed by atoms with van der Waals surface area (Å²) in [4.78, 5) is 25.8.